The van der Waals surface area contributed by atoms with Crippen molar-refractivity contribution in [2.45, 2.75) is 6.42 Å². The van der Waals surface area contributed by atoms with E-state index in [0.717, 1.165) is 18.0 Å². The van der Waals surface area contributed by atoms with Crippen molar-refractivity contribution in [3.05, 3.63) is 18.7 Å². The highest BCUT2D eigenvalue weighted by Gasteiger charge is 1.94. The third kappa shape index (κ3) is 2.59. The summed E-state index contributed by atoms with van der Waals surface area (Å²) in [5.74, 6) is 0.580. The normalized spacial score (nSPS) is 9.45. The molecule has 1 heterocycles. The second-order valence-corrected chi connectivity index (χ2v) is 2.93. The van der Waals surface area contributed by atoms with Gasteiger partial charge in [-0.05, 0) is 18.0 Å². The smallest absolute Gasteiger partial charge is 0.139 e. The molecule has 0 aliphatic carbocycles. The van der Waals surface area contributed by atoms with Gasteiger partial charge < -0.3 is 11.1 Å². The highest BCUT2D eigenvalue weighted by molar-refractivity contribution is 7.10. The van der Waals surface area contributed by atoms with E-state index in [2.05, 4.69) is 16.3 Å². The zero-order chi connectivity index (χ0) is 8.10. The van der Waals surface area contributed by atoms with Gasteiger partial charge >= 0.3 is 0 Å². The first-order chi connectivity index (χ1) is 5.33. The third-order valence-corrected chi connectivity index (χ3v) is 1.94. The van der Waals surface area contributed by atoms with Crippen molar-refractivity contribution >= 4 is 22.4 Å². The molecule has 1 rings (SSSR count). The Bertz CT molecular complexity index is 231. The number of anilines is 2. The minimum atomic E-state index is 0.580. The van der Waals surface area contributed by atoms with E-state index < -0.39 is 0 Å². The van der Waals surface area contributed by atoms with E-state index in [0.29, 0.717) is 5.82 Å². The Morgan fingerprint density at radius 1 is 1.82 bits per heavy atom. The summed E-state index contributed by atoms with van der Waals surface area (Å²) in [5, 5.41) is 4.19. The van der Waals surface area contributed by atoms with Crippen LogP contribution in [0.25, 0.3) is 0 Å². The summed E-state index contributed by atoms with van der Waals surface area (Å²) in [4.78, 5) is 0. The Morgan fingerprint density at radius 3 is 3.18 bits per heavy atom. The first-order valence-electron chi connectivity index (χ1n) is 3.40. The second-order valence-electron chi connectivity index (χ2n) is 2.12. The van der Waals surface area contributed by atoms with Crippen molar-refractivity contribution in [3.63, 3.8) is 0 Å². The van der Waals surface area contributed by atoms with Crippen LogP contribution >= 0.6 is 11.5 Å². The SMILES string of the molecule is C=CCCNc1cc(N)ns1. The minimum Gasteiger partial charge on any atom is -0.383 e. The molecule has 0 unspecified atom stereocenters. The lowest BCUT2D eigenvalue weighted by molar-refractivity contribution is 1.08. The number of nitrogens with one attached hydrogen (secondary N) is 1. The number of nitrogens with two attached hydrogens (primary N) is 1. The molecule has 0 radical (unpaired) electrons. The number of nitrogens with zero attached hydrogens (tertiary/aromatic N) is 1. The molecule has 0 fully saturated rings. The first kappa shape index (κ1) is 8.07. The maximum Gasteiger partial charge on any atom is 0.139 e. The predicted molar refractivity (Wildman–Crippen MR) is 49.8 cm³/mol. The van der Waals surface area contributed by atoms with Crippen molar-refractivity contribution in [1.82, 2.24) is 4.37 Å². The average Bonchev–Trinajstić information content (AvgIpc) is 2.37. The van der Waals surface area contributed by atoms with Crippen LogP contribution in [0.2, 0.25) is 0 Å². The summed E-state index contributed by atoms with van der Waals surface area (Å²) in [6, 6.07) is 1.83. The lowest BCUT2D eigenvalue weighted by Crippen LogP contribution is -1.97. The lowest BCUT2D eigenvalue weighted by Gasteiger charge is -1.96. The van der Waals surface area contributed by atoms with Gasteiger partial charge in [-0.25, -0.2) is 0 Å². The zero-order valence-corrected chi connectivity index (χ0v) is 7.03. The molecule has 1 aromatic heterocycles. The Balaban J connectivity index is 2.32. The fourth-order valence-corrected chi connectivity index (χ4v) is 1.27. The zero-order valence-electron chi connectivity index (χ0n) is 6.21. The summed E-state index contributed by atoms with van der Waals surface area (Å²) in [7, 11) is 0. The van der Waals surface area contributed by atoms with E-state index >= 15 is 0 Å². The summed E-state index contributed by atoms with van der Waals surface area (Å²) >= 11 is 1.38. The second kappa shape index (κ2) is 3.98. The lowest BCUT2D eigenvalue weighted by atomic mass is 10.4. The average molecular weight is 169 g/mol. The highest BCUT2D eigenvalue weighted by Crippen LogP contribution is 2.16. The monoisotopic (exact) mass is 169 g/mol. The highest BCUT2D eigenvalue weighted by atomic mass is 32.1. The summed E-state index contributed by atoms with van der Waals surface area (Å²) in [6.07, 6.45) is 2.83. The molecule has 0 saturated carbocycles. The Kier molecular flexibility index (Phi) is 2.92. The van der Waals surface area contributed by atoms with Crippen LogP contribution in [0.1, 0.15) is 6.42 Å². The van der Waals surface area contributed by atoms with E-state index in [1.54, 1.807) is 0 Å². The molecule has 1 aromatic rings. The van der Waals surface area contributed by atoms with Crippen molar-refractivity contribution in [2.75, 3.05) is 17.6 Å². The van der Waals surface area contributed by atoms with Gasteiger partial charge in [-0.15, -0.1) is 6.58 Å². The molecule has 0 aromatic carbocycles. The number of rotatable bonds is 4. The molecular formula is C7H11N3S. The van der Waals surface area contributed by atoms with E-state index in [-0.39, 0.29) is 0 Å². The van der Waals surface area contributed by atoms with Gasteiger partial charge in [0.05, 0.1) is 0 Å². The van der Waals surface area contributed by atoms with Crippen molar-refractivity contribution in [2.24, 2.45) is 0 Å². The fourth-order valence-electron chi connectivity index (χ4n) is 0.670. The topological polar surface area (TPSA) is 50.9 Å². The Labute approximate surface area is 70.1 Å². The summed E-state index contributed by atoms with van der Waals surface area (Å²) in [6.45, 7) is 4.51. The summed E-state index contributed by atoms with van der Waals surface area (Å²) < 4.78 is 3.93. The molecule has 11 heavy (non-hydrogen) atoms. The van der Waals surface area contributed by atoms with Gasteiger partial charge in [-0.2, -0.15) is 4.37 Å². The third-order valence-electron chi connectivity index (χ3n) is 1.18. The number of nitrogen functional groups attached to an aromatic ring is 1. The van der Waals surface area contributed by atoms with Crippen LogP contribution in [0.5, 0.6) is 0 Å². The molecule has 4 heteroatoms. The fraction of sp³-hybridized carbons (Fsp3) is 0.286. The van der Waals surface area contributed by atoms with Crippen LogP contribution in [-0.2, 0) is 0 Å². The van der Waals surface area contributed by atoms with Crippen LogP contribution in [0.3, 0.4) is 0 Å². The largest absolute Gasteiger partial charge is 0.383 e. The predicted octanol–water partition coefficient (Wildman–Crippen LogP) is 1.71. The molecule has 0 saturated heterocycles. The van der Waals surface area contributed by atoms with Gasteiger partial charge in [-0.3, -0.25) is 0 Å². The standard InChI is InChI=1S/C7H11N3S/c1-2-3-4-9-7-5-6(8)10-11-7/h2,5,9H,1,3-4H2,(H2,8,10). The minimum absolute atomic E-state index is 0.580. The molecule has 0 aliphatic rings. The van der Waals surface area contributed by atoms with Crippen LogP contribution < -0.4 is 11.1 Å². The van der Waals surface area contributed by atoms with Crippen molar-refractivity contribution < 1.29 is 0 Å². The van der Waals surface area contributed by atoms with Crippen LogP contribution in [0.4, 0.5) is 10.8 Å². The maximum atomic E-state index is 5.42. The molecule has 0 aliphatic heterocycles. The first-order valence-corrected chi connectivity index (χ1v) is 4.17. The van der Waals surface area contributed by atoms with Crippen molar-refractivity contribution in [1.29, 1.82) is 0 Å². The van der Waals surface area contributed by atoms with E-state index in [9.17, 15) is 0 Å². The number of hydrogen-bond acceptors (Lipinski definition) is 4. The molecule has 60 valence electrons. The van der Waals surface area contributed by atoms with E-state index in [1.807, 2.05) is 12.1 Å². The number of aromatic nitrogens is 1. The van der Waals surface area contributed by atoms with E-state index in [1.165, 1.54) is 11.5 Å². The van der Waals surface area contributed by atoms with Gasteiger partial charge in [-0.1, -0.05) is 6.08 Å². The summed E-state index contributed by atoms with van der Waals surface area (Å²) in [5.41, 5.74) is 5.42. The van der Waals surface area contributed by atoms with Crippen LogP contribution in [0.15, 0.2) is 18.7 Å². The van der Waals surface area contributed by atoms with Gasteiger partial charge in [0.15, 0.2) is 0 Å². The van der Waals surface area contributed by atoms with Gasteiger partial charge in [0, 0.05) is 12.6 Å². The van der Waals surface area contributed by atoms with Gasteiger partial charge in [0.1, 0.15) is 10.8 Å². The Morgan fingerprint density at radius 2 is 2.64 bits per heavy atom. The van der Waals surface area contributed by atoms with Crippen LogP contribution in [0, 0.1) is 0 Å². The molecule has 3 N–H and O–H groups in total. The molecule has 3 nitrogen and oxygen atoms in total. The molecule has 0 spiro atoms. The number of hydrogen-bond donors (Lipinski definition) is 2. The maximum absolute atomic E-state index is 5.42. The molecular weight excluding hydrogens is 158 g/mol. The van der Waals surface area contributed by atoms with Crippen molar-refractivity contribution in [3.8, 4) is 0 Å². The molecule has 0 atom stereocenters. The van der Waals surface area contributed by atoms with Crippen LogP contribution in [-0.4, -0.2) is 10.9 Å². The molecule has 0 bridgehead atoms. The molecule has 0 amide bonds. The van der Waals surface area contributed by atoms with Gasteiger partial charge in [0.25, 0.3) is 0 Å². The quantitative estimate of drug-likeness (QED) is 0.533. The Hall–Kier alpha value is -1.03. The van der Waals surface area contributed by atoms with E-state index in [4.69, 9.17) is 5.73 Å². The van der Waals surface area contributed by atoms with Gasteiger partial charge in [0.2, 0.25) is 0 Å².